The maximum atomic E-state index is 5.79. The van der Waals surface area contributed by atoms with Gasteiger partial charge in [-0.15, -0.1) is 0 Å². The van der Waals surface area contributed by atoms with E-state index in [4.69, 9.17) is 5.73 Å². The molecule has 0 amide bonds. The molecule has 0 spiro atoms. The van der Waals surface area contributed by atoms with Gasteiger partial charge in [0.25, 0.3) is 0 Å². The minimum absolute atomic E-state index is 0.364. The van der Waals surface area contributed by atoms with E-state index in [0.717, 1.165) is 12.1 Å². The molecule has 1 nitrogen and oxygen atoms in total. The van der Waals surface area contributed by atoms with Crippen LogP contribution >= 0.6 is 0 Å². The molecule has 1 fully saturated rings. The molecule has 0 bridgehead atoms. The van der Waals surface area contributed by atoms with Crippen molar-refractivity contribution in [3.8, 4) is 0 Å². The van der Waals surface area contributed by atoms with Crippen LogP contribution in [0.3, 0.4) is 0 Å². The number of benzene rings is 2. The molecule has 2 N–H and O–H groups in total. The topological polar surface area (TPSA) is 26.0 Å². The summed E-state index contributed by atoms with van der Waals surface area (Å²) in [5.74, 6) is 0. The van der Waals surface area contributed by atoms with Crippen LogP contribution in [0.25, 0.3) is 0 Å². The lowest BCUT2D eigenvalue weighted by atomic mass is 9.69. The third-order valence-electron chi connectivity index (χ3n) is 5.00. The number of nitrogen functional groups attached to an aromatic ring is 1. The average Bonchev–Trinajstić information content (AvgIpc) is 2.51. The van der Waals surface area contributed by atoms with E-state index in [1.165, 1.54) is 43.2 Å². The van der Waals surface area contributed by atoms with E-state index in [2.05, 4.69) is 43.3 Å². The van der Waals surface area contributed by atoms with Gasteiger partial charge in [-0.05, 0) is 53.5 Å². The van der Waals surface area contributed by atoms with Crippen molar-refractivity contribution in [2.24, 2.45) is 0 Å². The van der Waals surface area contributed by atoms with Gasteiger partial charge in [-0.1, -0.05) is 62.6 Å². The molecule has 0 radical (unpaired) electrons. The molecule has 1 aliphatic carbocycles. The summed E-state index contributed by atoms with van der Waals surface area (Å²) in [7, 11) is 0. The van der Waals surface area contributed by atoms with Crippen LogP contribution in [0.1, 0.15) is 55.7 Å². The van der Waals surface area contributed by atoms with Crippen molar-refractivity contribution < 1.29 is 0 Å². The molecule has 110 valence electrons. The first-order valence-corrected chi connectivity index (χ1v) is 8.10. The largest absolute Gasteiger partial charge is 0.399 e. The Balaban J connectivity index is 1.90. The highest BCUT2D eigenvalue weighted by molar-refractivity contribution is 5.43. The minimum atomic E-state index is 0.364. The molecule has 0 heterocycles. The van der Waals surface area contributed by atoms with Crippen LogP contribution in [0, 0.1) is 0 Å². The molecule has 0 atom stereocenters. The summed E-state index contributed by atoms with van der Waals surface area (Å²) in [5, 5.41) is 0. The van der Waals surface area contributed by atoms with Gasteiger partial charge in [0, 0.05) is 5.69 Å². The summed E-state index contributed by atoms with van der Waals surface area (Å²) in [6.45, 7) is 2.45. The van der Waals surface area contributed by atoms with E-state index in [9.17, 15) is 0 Å². The molecule has 0 aromatic heterocycles. The zero-order valence-electron chi connectivity index (χ0n) is 12.9. The molecule has 1 saturated carbocycles. The Morgan fingerprint density at radius 1 is 0.905 bits per heavy atom. The first-order valence-electron chi connectivity index (χ1n) is 8.10. The highest BCUT2D eigenvalue weighted by Gasteiger charge is 2.30. The van der Waals surface area contributed by atoms with Crippen molar-refractivity contribution in [3.05, 3.63) is 65.2 Å². The van der Waals surface area contributed by atoms with E-state index in [0.29, 0.717) is 5.41 Å². The predicted molar refractivity (Wildman–Crippen MR) is 90.5 cm³/mol. The Kier molecular flexibility index (Phi) is 4.01. The summed E-state index contributed by atoms with van der Waals surface area (Å²) in [6.07, 6.45) is 7.79. The Morgan fingerprint density at radius 3 is 2.29 bits per heavy atom. The molecule has 1 heteroatoms. The molecular formula is C20H25N. The fourth-order valence-electron chi connectivity index (χ4n) is 3.72. The zero-order valence-corrected chi connectivity index (χ0v) is 12.9. The molecular weight excluding hydrogens is 254 g/mol. The van der Waals surface area contributed by atoms with Crippen LogP contribution in [0.15, 0.2) is 48.5 Å². The molecule has 2 aromatic rings. The number of nitrogens with two attached hydrogens (primary N) is 1. The molecule has 0 aliphatic heterocycles. The molecule has 3 rings (SSSR count). The summed E-state index contributed by atoms with van der Waals surface area (Å²) in [4.78, 5) is 0. The van der Waals surface area contributed by atoms with Crippen LogP contribution in [0.2, 0.25) is 0 Å². The zero-order chi connectivity index (χ0) is 14.7. The second kappa shape index (κ2) is 5.93. The van der Waals surface area contributed by atoms with Gasteiger partial charge < -0.3 is 5.73 Å². The summed E-state index contributed by atoms with van der Waals surface area (Å²) >= 11 is 0. The summed E-state index contributed by atoms with van der Waals surface area (Å²) < 4.78 is 0. The second-order valence-electron chi connectivity index (χ2n) is 6.70. The average molecular weight is 279 g/mol. The Morgan fingerprint density at radius 2 is 1.57 bits per heavy atom. The summed E-state index contributed by atoms with van der Waals surface area (Å²) in [5.41, 5.74) is 11.4. The van der Waals surface area contributed by atoms with Crippen LogP contribution in [0.4, 0.5) is 5.69 Å². The lowest BCUT2D eigenvalue weighted by Gasteiger charge is -2.36. The highest BCUT2D eigenvalue weighted by Crippen LogP contribution is 2.40. The van der Waals surface area contributed by atoms with E-state index in [1.54, 1.807) is 5.56 Å². The molecule has 2 aromatic carbocycles. The monoisotopic (exact) mass is 279 g/mol. The van der Waals surface area contributed by atoms with Crippen LogP contribution in [-0.2, 0) is 11.8 Å². The molecule has 0 unspecified atom stereocenters. The van der Waals surface area contributed by atoms with Gasteiger partial charge in [0.15, 0.2) is 0 Å². The van der Waals surface area contributed by atoms with E-state index >= 15 is 0 Å². The van der Waals surface area contributed by atoms with Crippen LogP contribution in [-0.4, -0.2) is 0 Å². The maximum Gasteiger partial charge on any atom is 0.0314 e. The number of hydrogen-bond acceptors (Lipinski definition) is 1. The fraction of sp³-hybridized carbons (Fsp3) is 0.400. The van der Waals surface area contributed by atoms with Gasteiger partial charge >= 0.3 is 0 Å². The van der Waals surface area contributed by atoms with Crippen LogP contribution < -0.4 is 5.73 Å². The van der Waals surface area contributed by atoms with Gasteiger partial charge in [-0.25, -0.2) is 0 Å². The van der Waals surface area contributed by atoms with Crippen LogP contribution in [0.5, 0.6) is 0 Å². The molecule has 0 saturated heterocycles. The van der Waals surface area contributed by atoms with E-state index < -0.39 is 0 Å². The van der Waals surface area contributed by atoms with Crippen molar-refractivity contribution in [2.75, 3.05) is 5.73 Å². The van der Waals surface area contributed by atoms with Gasteiger partial charge in [0.05, 0.1) is 0 Å². The normalized spacial score (nSPS) is 17.6. The van der Waals surface area contributed by atoms with Crippen molar-refractivity contribution in [1.82, 2.24) is 0 Å². The quantitative estimate of drug-likeness (QED) is 0.779. The minimum Gasteiger partial charge on any atom is -0.399 e. The number of hydrogen-bond donors (Lipinski definition) is 1. The first-order chi connectivity index (χ1) is 10.2. The summed E-state index contributed by atoms with van der Waals surface area (Å²) in [6, 6.07) is 17.3. The van der Waals surface area contributed by atoms with Crippen molar-refractivity contribution in [1.29, 1.82) is 0 Å². The predicted octanol–water partition coefficient (Wildman–Crippen LogP) is 5.08. The standard InChI is InChI=1S/C20H25N/c1-20(13-5-2-6-14-20)19-8-4-3-7-17(19)15-16-9-11-18(21)12-10-16/h3-4,7-12H,2,5-6,13-15,21H2,1H3. The third-order valence-corrected chi connectivity index (χ3v) is 5.00. The van der Waals surface area contributed by atoms with Crippen molar-refractivity contribution >= 4 is 5.69 Å². The SMILES string of the molecule is CC1(c2ccccc2Cc2ccc(N)cc2)CCCCC1. The Hall–Kier alpha value is -1.76. The lowest BCUT2D eigenvalue weighted by molar-refractivity contribution is 0.318. The third kappa shape index (κ3) is 3.12. The van der Waals surface area contributed by atoms with Gasteiger partial charge in [0.2, 0.25) is 0 Å². The fourth-order valence-corrected chi connectivity index (χ4v) is 3.72. The van der Waals surface area contributed by atoms with E-state index in [1.807, 2.05) is 12.1 Å². The van der Waals surface area contributed by atoms with Gasteiger partial charge in [-0.2, -0.15) is 0 Å². The van der Waals surface area contributed by atoms with Crippen molar-refractivity contribution in [2.45, 2.75) is 50.9 Å². The second-order valence-corrected chi connectivity index (χ2v) is 6.70. The Bertz CT molecular complexity index is 591. The highest BCUT2D eigenvalue weighted by atomic mass is 14.5. The lowest BCUT2D eigenvalue weighted by Crippen LogP contribution is -2.26. The Labute approximate surface area is 128 Å². The number of anilines is 1. The van der Waals surface area contributed by atoms with Gasteiger partial charge in [-0.3, -0.25) is 0 Å². The first kappa shape index (κ1) is 14.2. The smallest absolute Gasteiger partial charge is 0.0314 e. The molecule has 21 heavy (non-hydrogen) atoms. The molecule has 1 aliphatic rings. The van der Waals surface area contributed by atoms with Crippen molar-refractivity contribution in [3.63, 3.8) is 0 Å². The number of rotatable bonds is 3. The van der Waals surface area contributed by atoms with E-state index in [-0.39, 0.29) is 0 Å². The maximum absolute atomic E-state index is 5.79. The van der Waals surface area contributed by atoms with Gasteiger partial charge in [0.1, 0.15) is 0 Å².